The van der Waals surface area contributed by atoms with Gasteiger partial charge in [-0.2, -0.15) is 0 Å². The Morgan fingerprint density at radius 1 is 1.21 bits per heavy atom. The molecular weight excluding hydrogens is 424 g/mol. The smallest absolute Gasteiger partial charge is 0.306 e. The molecule has 2 N–H and O–H groups in total. The molecule has 0 aliphatic heterocycles. The molecule has 192 valence electrons. The zero-order valence-electron chi connectivity index (χ0n) is 22.0. The van der Waals surface area contributed by atoms with Crippen molar-refractivity contribution in [1.82, 2.24) is 0 Å². The lowest BCUT2D eigenvalue weighted by molar-refractivity contribution is -0.148. The van der Waals surface area contributed by atoms with Gasteiger partial charge in [0.05, 0.1) is 18.3 Å². The molecule has 0 radical (unpaired) electrons. The van der Waals surface area contributed by atoms with Crippen LogP contribution in [0.15, 0.2) is 23.8 Å². The fourth-order valence-corrected chi connectivity index (χ4v) is 5.51. The highest BCUT2D eigenvalue weighted by molar-refractivity contribution is 5.69. The van der Waals surface area contributed by atoms with E-state index in [1.807, 2.05) is 26.8 Å². The molecule has 0 heterocycles. The number of hydrogen-bond acceptors (Lipinski definition) is 4. The molecule has 0 aromatic heterocycles. The quantitative estimate of drug-likeness (QED) is 0.134. The van der Waals surface area contributed by atoms with Crippen LogP contribution in [0.1, 0.15) is 105 Å². The number of carbonyl (C=O) groups is 1. The number of unbranched alkanes of at least 4 members (excludes halogenated alkanes) is 4. The van der Waals surface area contributed by atoms with Crippen LogP contribution in [0.4, 0.5) is 0 Å². The van der Waals surface area contributed by atoms with E-state index in [-0.39, 0.29) is 30.0 Å². The maximum atomic E-state index is 12.1. The summed E-state index contributed by atoms with van der Waals surface area (Å²) in [6.07, 6.45) is 17.0. The number of aliphatic hydroxyl groups is 2. The van der Waals surface area contributed by atoms with Gasteiger partial charge < -0.3 is 14.9 Å². The number of allylic oxidation sites excluding steroid dienone is 2. The molecule has 2 saturated carbocycles. The highest BCUT2D eigenvalue weighted by atomic mass is 16.5. The molecule has 0 bridgehead atoms. The Hall–Kier alpha value is -1.57. The van der Waals surface area contributed by atoms with E-state index in [1.54, 1.807) is 0 Å². The van der Waals surface area contributed by atoms with Crippen LogP contribution in [-0.4, -0.2) is 34.5 Å². The summed E-state index contributed by atoms with van der Waals surface area (Å²) in [6, 6.07) is 0. The molecule has 4 nitrogen and oxygen atoms in total. The van der Waals surface area contributed by atoms with Crippen molar-refractivity contribution in [3.63, 3.8) is 0 Å². The van der Waals surface area contributed by atoms with Crippen molar-refractivity contribution in [2.75, 3.05) is 0 Å². The van der Waals surface area contributed by atoms with E-state index in [9.17, 15) is 15.0 Å². The Kier molecular flexibility index (Phi) is 13.0. The molecule has 7 atom stereocenters. The van der Waals surface area contributed by atoms with Crippen LogP contribution in [-0.2, 0) is 9.53 Å². The molecule has 34 heavy (non-hydrogen) atoms. The predicted molar refractivity (Wildman–Crippen MR) is 139 cm³/mol. The first-order chi connectivity index (χ1) is 16.3. The SMILES string of the molecule is CC#CCC(C)C(O)C=CC1C(O)CC2CC(=CCCCC(=O)OC(C)CCCCCC)CC21. The minimum absolute atomic E-state index is 0.0226. The second-order valence-corrected chi connectivity index (χ2v) is 10.6. The van der Waals surface area contributed by atoms with Crippen LogP contribution >= 0.6 is 0 Å². The van der Waals surface area contributed by atoms with Gasteiger partial charge in [0.25, 0.3) is 0 Å². The van der Waals surface area contributed by atoms with Crippen LogP contribution < -0.4 is 0 Å². The van der Waals surface area contributed by atoms with Crippen molar-refractivity contribution in [2.24, 2.45) is 23.7 Å². The largest absolute Gasteiger partial charge is 0.463 e. The lowest BCUT2D eigenvalue weighted by atomic mass is 9.89. The first kappa shape index (κ1) is 28.7. The molecule has 0 aromatic rings. The third-order valence-electron chi connectivity index (χ3n) is 7.64. The topological polar surface area (TPSA) is 66.8 Å². The lowest BCUT2D eigenvalue weighted by Crippen LogP contribution is -2.19. The van der Waals surface area contributed by atoms with E-state index in [0.717, 1.165) is 44.9 Å². The number of rotatable bonds is 14. The maximum Gasteiger partial charge on any atom is 0.306 e. The zero-order chi connectivity index (χ0) is 24.9. The number of esters is 1. The summed E-state index contributed by atoms with van der Waals surface area (Å²) in [6.45, 7) is 8.03. The van der Waals surface area contributed by atoms with Gasteiger partial charge in [-0.15, -0.1) is 11.8 Å². The van der Waals surface area contributed by atoms with Gasteiger partial charge in [0.1, 0.15) is 0 Å². The van der Waals surface area contributed by atoms with E-state index in [2.05, 4.69) is 30.9 Å². The molecule has 0 aromatic carbocycles. The zero-order valence-corrected chi connectivity index (χ0v) is 22.0. The normalized spacial score (nSPS) is 27.9. The van der Waals surface area contributed by atoms with Crippen molar-refractivity contribution in [3.05, 3.63) is 23.8 Å². The van der Waals surface area contributed by atoms with Gasteiger partial charge in [-0.05, 0) is 76.5 Å². The van der Waals surface area contributed by atoms with Gasteiger partial charge in [0.15, 0.2) is 0 Å². The Morgan fingerprint density at radius 3 is 2.74 bits per heavy atom. The number of aliphatic hydroxyl groups excluding tert-OH is 2. The monoisotopic (exact) mass is 472 g/mol. The van der Waals surface area contributed by atoms with E-state index in [4.69, 9.17) is 4.74 Å². The Balaban J connectivity index is 1.72. The van der Waals surface area contributed by atoms with E-state index in [1.165, 1.54) is 24.8 Å². The molecule has 2 rings (SSSR count). The highest BCUT2D eigenvalue weighted by Crippen LogP contribution is 2.50. The standard InChI is InChI=1S/C30H48O4/c1-5-7-9-10-14-23(4)34-30(33)16-12-11-15-24-19-25-21-29(32)26(27(25)20-24)17-18-28(31)22(3)13-8-6-2/h15,17-18,22-23,25-29,31-32H,5,7,9-14,16,19-21H2,1-4H3. The summed E-state index contributed by atoms with van der Waals surface area (Å²) in [5.41, 5.74) is 1.46. The molecule has 2 aliphatic carbocycles. The third-order valence-corrected chi connectivity index (χ3v) is 7.64. The van der Waals surface area contributed by atoms with E-state index >= 15 is 0 Å². The molecule has 4 heteroatoms. The van der Waals surface area contributed by atoms with Crippen LogP contribution in [0.5, 0.6) is 0 Å². The van der Waals surface area contributed by atoms with Crippen molar-refractivity contribution in [1.29, 1.82) is 0 Å². The fraction of sp³-hybridized carbons (Fsp3) is 0.767. The van der Waals surface area contributed by atoms with Crippen LogP contribution in [0.25, 0.3) is 0 Å². The van der Waals surface area contributed by atoms with Gasteiger partial charge >= 0.3 is 5.97 Å². The minimum Gasteiger partial charge on any atom is -0.463 e. The summed E-state index contributed by atoms with van der Waals surface area (Å²) in [5.74, 6) is 7.02. The number of carbonyl (C=O) groups excluding carboxylic acids is 1. The van der Waals surface area contributed by atoms with Crippen LogP contribution in [0, 0.1) is 35.5 Å². The summed E-state index contributed by atoms with van der Waals surface area (Å²) in [7, 11) is 0. The van der Waals surface area contributed by atoms with E-state index < -0.39 is 6.10 Å². The molecular formula is C30H48O4. The van der Waals surface area contributed by atoms with Crippen molar-refractivity contribution < 1.29 is 19.7 Å². The first-order valence-corrected chi connectivity index (χ1v) is 13.7. The molecule has 2 fully saturated rings. The third kappa shape index (κ3) is 9.59. The lowest BCUT2D eigenvalue weighted by Gasteiger charge is -2.19. The Labute approximate surface area is 208 Å². The number of ether oxygens (including phenoxy) is 1. The Morgan fingerprint density at radius 2 is 2.00 bits per heavy atom. The molecule has 0 spiro atoms. The van der Waals surface area contributed by atoms with Gasteiger partial charge in [-0.25, -0.2) is 0 Å². The van der Waals surface area contributed by atoms with Gasteiger partial charge in [-0.1, -0.05) is 56.9 Å². The van der Waals surface area contributed by atoms with E-state index in [0.29, 0.717) is 24.7 Å². The minimum atomic E-state index is -0.526. The second kappa shape index (κ2) is 15.4. The van der Waals surface area contributed by atoms with Crippen LogP contribution in [0.2, 0.25) is 0 Å². The molecule has 0 amide bonds. The highest BCUT2D eigenvalue weighted by Gasteiger charge is 2.44. The molecule has 7 unspecified atom stereocenters. The summed E-state index contributed by atoms with van der Waals surface area (Å²) in [5, 5.41) is 21.0. The van der Waals surface area contributed by atoms with Gasteiger partial charge in [0, 0.05) is 18.8 Å². The second-order valence-electron chi connectivity index (χ2n) is 10.6. The molecule has 2 aliphatic rings. The first-order valence-electron chi connectivity index (χ1n) is 13.7. The number of hydrogen-bond donors (Lipinski definition) is 2. The molecule has 0 saturated heterocycles. The summed E-state index contributed by atoms with van der Waals surface area (Å²) >= 11 is 0. The van der Waals surface area contributed by atoms with Crippen LogP contribution in [0.3, 0.4) is 0 Å². The average molecular weight is 473 g/mol. The fourth-order valence-electron chi connectivity index (χ4n) is 5.51. The predicted octanol–water partition coefficient (Wildman–Crippen LogP) is 6.36. The van der Waals surface area contributed by atoms with Gasteiger partial charge in [0.2, 0.25) is 0 Å². The summed E-state index contributed by atoms with van der Waals surface area (Å²) in [4.78, 5) is 12.1. The van der Waals surface area contributed by atoms with Crippen molar-refractivity contribution in [2.45, 2.75) is 123 Å². The van der Waals surface area contributed by atoms with Crippen molar-refractivity contribution in [3.8, 4) is 11.8 Å². The van der Waals surface area contributed by atoms with Gasteiger partial charge in [-0.3, -0.25) is 4.79 Å². The average Bonchev–Trinajstić information content (AvgIpc) is 3.32. The Bertz CT molecular complexity index is 728. The van der Waals surface area contributed by atoms with Crippen molar-refractivity contribution >= 4 is 5.97 Å². The maximum absolute atomic E-state index is 12.1. The number of fused-ring (bicyclic) bond motifs is 1. The summed E-state index contributed by atoms with van der Waals surface area (Å²) < 4.78 is 5.55.